The molecule has 0 spiro atoms. The van der Waals surface area contributed by atoms with Crippen LogP contribution >= 0.6 is 0 Å². The number of amides is 1. The van der Waals surface area contributed by atoms with Gasteiger partial charge in [0.1, 0.15) is 0 Å². The number of carbonyl (C=O) groups excluding carboxylic acids is 1. The van der Waals surface area contributed by atoms with Gasteiger partial charge >= 0.3 is 0 Å². The number of carbonyl (C=O) groups is 1. The highest BCUT2D eigenvalue weighted by Gasteiger charge is 2.25. The number of hydrogen-bond donors (Lipinski definition) is 1. The minimum atomic E-state index is 0.165. The summed E-state index contributed by atoms with van der Waals surface area (Å²) >= 11 is 0. The summed E-state index contributed by atoms with van der Waals surface area (Å²) in [6.07, 6.45) is 3.12. The molecule has 1 atom stereocenters. The fourth-order valence-corrected chi connectivity index (χ4v) is 2.76. The first-order valence-electron chi connectivity index (χ1n) is 6.27. The molecule has 0 saturated carbocycles. The maximum atomic E-state index is 11.4. The van der Waals surface area contributed by atoms with E-state index in [-0.39, 0.29) is 5.91 Å². The molecule has 4 nitrogen and oxygen atoms in total. The van der Waals surface area contributed by atoms with Gasteiger partial charge in [-0.1, -0.05) is 0 Å². The molecule has 94 valence electrons. The minimum Gasteiger partial charge on any atom is -0.399 e. The molecule has 1 fully saturated rings. The summed E-state index contributed by atoms with van der Waals surface area (Å²) in [6, 6.07) is 8.44. The highest BCUT2D eigenvalue weighted by atomic mass is 16.2. The van der Waals surface area contributed by atoms with Crippen molar-refractivity contribution in [2.45, 2.75) is 19.4 Å². The second-order valence-electron chi connectivity index (χ2n) is 4.95. The van der Waals surface area contributed by atoms with Gasteiger partial charge in [-0.2, -0.15) is 0 Å². The van der Waals surface area contributed by atoms with E-state index >= 15 is 0 Å². The number of nitrogens with zero attached hydrogens (tertiary/aromatic N) is 2. The molecule has 1 unspecified atom stereocenters. The van der Waals surface area contributed by atoms with Crippen LogP contribution in [0.3, 0.4) is 0 Å². The maximum absolute atomic E-state index is 11.4. The van der Waals surface area contributed by atoms with E-state index in [1.54, 1.807) is 6.92 Å². The van der Waals surface area contributed by atoms with Crippen LogP contribution in [0.5, 0.6) is 0 Å². The Morgan fingerprint density at radius 2 is 2.22 bits per heavy atom. The Morgan fingerprint density at radius 3 is 2.94 bits per heavy atom. The molecule has 2 aromatic rings. The van der Waals surface area contributed by atoms with Gasteiger partial charge in [-0.05, 0) is 30.7 Å². The molecule has 18 heavy (non-hydrogen) atoms. The van der Waals surface area contributed by atoms with E-state index in [2.05, 4.69) is 22.9 Å². The lowest BCUT2D eigenvalue weighted by molar-refractivity contribution is -0.127. The highest BCUT2D eigenvalue weighted by molar-refractivity contribution is 5.83. The predicted molar refractivity (Wildman–Crippen MR) is 72.3 cm³/mol. The lowest BCUT2D eigenvalue weighted by Gasteiger charge is -2.16. The first kappa shape index (κ1) is 11.1. The number of rotatable bonds is 1. The maximum Gasteiger partial charge on any atom is 0.219 e. The molecule has 1 aliphatic rings. The summed E-state index contributed by atoms with van der Waals surface area (Å²) in [5, 5.41) is 1.16. The second-order valence-corrected chi connectivity index (χ2v) is 4.95. The van der Waals surface area contributed by atoms with Gasteiger partial charge in [-0.3, -0.25) is 4.79 Å². The van der Waals surface area contributed by atoms with Crippen molar-refractivity contribution in [1.82, 2.24) is 9.47 Å². The number of benzene rings is 1. The predicted octanol–water partition coefficient (Wildman–Crippen LogP) is 2.02. The molecule has 2 N–H and O–H groups in total. The van der Waals surface area contributed by atoms with Crippen LogP contribution in [0.15, 0.2) is 30.5 Å². The third kappa shape index (κ3) is 1.74. The number of likely N-dealkylation sites (tertiary alicyclic amines) is 1. The smallest absolute Gasteiger partial charge is 0.219 e. The quantitative estimate of drug-likeness (QED) is 0.779. The molecule has 0 radical (unpaired) electrons. The molecule has 1 aliphatic heterocycles. The number of nitrogens with two attached hydrogens (primary N) is 1. The van der Waals surface area contributed by atoms with Gasteiger partial charge in [0.2, 0.25) is 5.91 Å². The zero-order valence-corrected chi connectivity index (χ0v) is 10.5. The fraction of sp³-hybridized carbons (Fsp3) is 0.357. The van der Waals surface area contributed by atoms with Crippen LogP contribution in [0, 0.1) is 0 Å². The van der Waals surface area contributed by atoms with Crippen LogP contribution in [-0.2, 0) is 4.79 Å². The summed E-state index contributed by atoms with van der Waals surface area (Å²) in [5.74, 6) is 0.165. The van der Waals surface area contributed by atoms with E-state index in [1.165, 1.54) is 5.52 Å². The summed E-state index contributed by atoms with van der Waals surface area (Å²) in [4.78, 5) is 13.3. The van der Waals surface area contributed by atoms with Gasteiger partial charge < -0.3 is 15.2 Å². The lowest BCUT2D eigenvalue weighted by atomic mass is 10.2. The van der Waals surface area contributed by atoms with Gasteiger partial charge in [0.15, 0.2) is 0 Å². The summed E-state index contributed by atoms with van der Waals surface area (Å²) in [7, 11) is 0. The van der Waals surface area contributed by atoms with Gasteiger partial charge in [-0.25, -0.2) is 0 Å². The van der Waals surface area contributed by atoms with E-state index in [4.69, 9.17) is 5.73 Å². The third-order valence-electron chi connectivity index (χ3n) is 3.75. The molecule has 1 saturated heterocycles. The van der Waals surface area contributed by atoms with Crippen LogP contribution in [0.2, 0.25) is 0 Å². The van der Waals surface area contributed by atoms with Crippen LogP contribution in [0.25, 0.3) is 10.9 Å². The molecule has 0 aliphatic carbocycles. The van der Waals surface area contributed by atoms with Gasteiger partial charge in [0, 0.05) is 42.8 Å². The number of fused-ring (bicyclic) bond motifs is 1. The largest absolute Gasteiger partial charge is 0.399 e. The van der Waals surface area contributed by atoms with Gasteiger partial charge in [0.05, 0.1) is 6.04 Å². The Hall–Kier alpha value is -1.97. The van der Waals surface area contributed by atoms with E-state index in [0.29, 0.717) is 6.04 Å². The molecular formula is C14H17N3O. The number of aromatic nitrogens is 1. The first-order chi connectivity index (χ1) is 8.65. The van der Waals surface area contributed by atoms with Gasteiger partial charge in [0.25, 0.3) is 0 Å². The van der Waals surface area contributed by atoms with E-state index in [0.717, 1.165) is 30.6 Å². The monoisotopic (exact) mass is 243 g/mol. The van der Waals surface area contributed by atoms with Crippen molar-refractivity contribution < 1.29 is 4.79 Å². The number of anilines is 1. The normalized spacial score (nSPS) is 19.6. The molecule has 0 bridgehead atoms. The Labute approximate surface area is 106 Å². The third-order valence-corrected chi connectivity index (χ3v) is 3.75. The summed E-state index contributed by atoms with van der Waals surface area (Å²) < 4.78 is 2.26. The minimum absolute atomic E-state index is 0.165. The van der Waals surface area contributed by atoms with Crippen LogP contribution in [0.4, 0.5) is 5.69 Å². The Balaban J connectivity index is 1.94. The van der Waals surface area contributed by atoms with E-state index < -0.39 is 0 Å². The highest BCUT2D eigenvalue weighted by Crippen LogP contribution is 2.28. The van der Waals surface area contributed by atoms with Gasteiger partial charge in [-0.15, -0.1) is 0 Å². The average molecular weight is 243 g/mol. The van der Waals surface area contributed by atoms with Crippen molar-refractivity contribution in [3.8, 4) is 0 Å². The van der Waals surface area contributed by atoms with Crippen molar-refractivity contribution in [2.24, 2.45) is 0 Å². The summed E-state index contributed by atoms with van der Waals surface area (Å²) in [5.41, 5.74) is 7.77. The number of hydrogen-bond acceptors (Lipinski definition) is 2. The average Bonchev–Trinajstić information content (AvgIpc) is 2.92. The molecule has 1 aromatic heterocycles. The van der Waals surface area contributed by atoms with Crippen LogP contribution in [-0.4, -0.2) is 28.5 Å². The van der Waals surface area contributed by atoms with Crippen molar-refractivity contribution >= 4 is 22.5 Å². The Kier molecular flexibility index (Phi) is 2.51. The molecular weight excluding hydrogens is 226 g/mol. The van der Waals surface area contributed by atoms with E-state index in [9.17, 15) is 4.79 Å². The van der Waals surface area contributed by atoms with Crippen molar-refractivity contribution in [2.75, 3.05) is 18.8 Å². The molecule has 2 heterocycles. The standard InChI is InChI=1S/C14H17N3O/c1-10(18)16-6-5-13(9-16)17-7-4-11-8-12(15)2-3-14(11)17/h2-4,7-8,13H,5-6,9,15H2,1H3. The SMILES string of the molecule is CC(=O)N1CCC(n2ccc3cc(N)ccc32)C1. The zero-order valence-electron chi connectivity index (χ0n) is 10.5. The van der Waals surface area contributed by atoms with Crippen LogP contribution in [0.1, 0.15) is 19.4 Å². The molecule has 1 aromatic carbocycles. The van der Waals surface area contributed by atoms with Crippen molar-refractivity contribution in [1.29, 1.82) is 0 Å². The molecule has 4 heteroatoms. The molecule has 3 rings (SSSR count). The fourth-order valence-electron chi connectivity index (χ4n) is 2.76. The Morgan fingerprint density at radius 1 is 1.39 bits per heavy atom. The first-order valence-corrected chi connectivity index (χ1v) is 6.27. The molecule has 1 amide bonds. The Bertz CT molecular complexity index is 602. The second kappa shape index (κ2) is 4.05. The zero-order chi connectivity index (χ0) is 12.7. The van der Waals surface area contributed by atoms with Crippen molar-refractivity contribution in [3.05, 3.63) is 30.5 Å². The van der Waals surface area contributed by atoms with E-state index in [1.807, 2.05) is 17.0 Å². The number of nitrogen functional groups attached to an aromatic ring is 1. The summed E-state index contributed by atoms with van der Waals surface area (Å²) in [6.45, 7) is 3.30. The lowest BCUT2D eigenvalue weighted by Crippen LogP contribution is -2.26. The topological polar surface area (TPSA) is 51.3 Å². The van der Waals surface area contributed by atoms with Crippen LogP contribution < -0.4 is 5.73 Å². The van der Waals surface area contributed by atoms with Crippen molar-refractivity contribution in [3.63, 3.8) is 0 Å².